The molecular weight excluding hydrogens is 235 g/mol. The molecule has 0 amide bonds. The summed E-state index contributed by atoms with van der Waals surface area (Å²) < 4.78 is 0. The van der Waals surface area contributed by atoms with Crippen LogP contribution in [0.5, 0.6) is 0 Å². The van der Waals surface area contributed by atoms with Crippen molar-refractivity contribution in [3.63, 3.8) is 0 Å². The van der Waals surface area contributed by atoms with E-state index in [0.29, 0.717) is 0 Å². The maximum atomic E-state index is 8.72. The first-order chi connectivity index (χ1) is 6.33. The van der Waals surface area contributed by atoms with Gasteiger partial charge in [-0.1, -0.05) is 0 Å². The van der Waals surface area contributed by atoms with Gasteiger partial charge < -0.3 is 15.3 Å². The number of rotatable bonds is 5. The summed E-state index contributed by atoms with van der Waals surface area (Å²) in [7, 11) is 2.08. The monoisotopic (exact) mass is 258 g/mol. The summed E-state index contributed by atoms with van der Waals surface area (Å²) in [4.78, 5) is 2.20. The SMILES string of the molecule is CN(CCO)CCC1CCCNC1.Cl.Cl. The second-order valence-corrected chi connectivity index (χ2v) is 4.03. The maximum absolute atomic E-state index is 8.72. The third kappa shape index (κ3) is 8.29. The molecule has 1 saturated heterocycles. The zero-order chi connectivity index (χ0) is 9.52. The van der Waals surface area contributed by atoms with E-state index in [1.807, 2.05) is 0 Å². The molecule has 15 heavy (non-hydrogen) atoms. The Morgan fingerprint density at radius 3 is 2.60 bits per heavy atom. The molecule has 0 spiro atoms. The third-order valence-corrected chi connectivity index (χ3v) is 2.80. The van der Waals surface area contributed by atoms with E-state index in [-0.39, 0.29) is 31.4 Å². The molecule has 1 unspecified atom stereocenters. The number of hydrogen-bond acceptors (Lipinski definition) is 3. The number of nitrogens with one attached hydrogen (secondary N) is 1. The predicted octanol–water partition coefficient (Wildman–Crippen LogP) is 1.14. The molecule has 1 rings (SSSR count). The molecule has 1 aliphatic rings. The van der Waals surface area contributed by atoms with Crippen LogP contribution < -0.4 is 5.32 Å². The molecule has 0 aromatic heterocycles. The van der Waals surface area contributed by atoms with Gasteiger partial charge >= 0.3 is 0 Å². The molecule has 0 radical (unpaired) electrons. The maximum Gasteiger partial charge on any atom is 0.0558 e. The molecule has 0 aliphatic carbocycles. The lowest BCUT2D eigenvalue weighted by Gasteiger charge is -2.24. The first-order valence-corrected chi connectivity index (χ1v) is 5.33. The summed E-state index contributed by atoms with van der Waals surface area (Å²) in [6.45, 7) is 4.59. The predicted molar refractivity (Wildman–Crippen MR) is 69.3 cm³/mol. The van der Waals surface area contributed by atoms with Gasteiger partial charge in [0.15, 0.2) is 0 Å². The fraction of sp³-hybridized carbons (Fsp3) is 1.00. The highest BCUT2D eigenvalue weighted by atomic mass is 35.5. The van der Waals surface area contributed by atoms with Gasteiger partial charge in [-0.15, -0.1) is 24.8 Å². The molecule has 0 aromatic rings. The van der Waals surface area contributed by atoms with E-state index in [9.17, 15) is 0 Å². The third-order valence-electron chi connectivity index (χ3n) is 2.80. The molecule has 1 fully saturated rings. The highest BCUT2D eigenvalue weighted by Crippen LogP contribution is 2.13. The summed E-state index contributed by atoms with van der Waals surface area (Å²) >= 11 is 0. The molecule has 0 bridgehead atoms. The summed E-state index contributed by atoms with van der Waals surface area (Å²) in [5.41, 5.74) is 0. The van der Waals surface area contributed by atoms with E-state index in [0.717, 1.165) is 19.0 Å². The number of nitrogens with zero attached hydrogens (tertiary/aromatic N) is 1. The lowest BCUT2D eigenvalue weighted by molar-refractivity contribution is 0.207. The molecule has 0 saturated carbocycles. The van der Waals surface area contributed by atoms with Crippen molar-refractivity contribution in [2.75, 3.05) is 39.8 Å². The summed E-state index contributed by atoms with van der Waals surface area (Å²) in [5.74, 6) is 0.856. The van der Waals surface area contributed by atoms with E-state index in [2.05, 4.69) is 17.3 Å². The number of aliphatic hydroxyl groups is 1. The van der Waals surface area contributed by atoms with Crippen LogP contribution in [-0.2, 0) is 0 Å². The molecule has 3 nitrogen and oxygen atoms in total. The highest BCUT2D eigenvalue weighted by molar-refractivity contribution is 5.85. The highest BCUT2D eigenvalue weighted by Gasteiger charge is 2.12. The minimum absolute atomic E-state index is 0. The fourth-order valence-electron chi connectivity index (χ4n) is 1.86. The first-order valence-electron chi connectivity index (χ1n) is 5.33. The number of likely N-dealkylation sites (N-methyl/N-ethyl adjacent to an activating group) is 1. The van der Waals surface area contributed by atoms with Crippen LogP contribution in [0.2, 0.25) is 0 Å². The van der Waals surface area contributed by atoms with E-state index >= 15 is 0 Å². The fourth-order valence-corrected chi connectivity index (χ4v) is 1.86. The Bertz CT molecular complexity index is 133. The van der Waals surface area contributed by atoms with Gasteiger partial charge in [-0.2, -0.15) is 0 Å². The summed E-state index contributed by atoms with van der Waals surface area (Å²) in [6.07, 6.45) is 3.97. The van der Waals surface area contributed by atoms with Gasteiger partial charge in [0.1, 0.15) is 0 Å². The van der Waals surface area contributed by atoms with Crippen LogP contribution in [0.4, 0.5) is 0 Å². The molecule has 2 N–H and O–H groups in total. The Morgan fingerprint density at radius 1 is 1.33 bits per heavy atom. The Balaban J connectivity index is 0. The number of aliphatic hydroxyl groups excluding tert-OH is 1. The van der Waals surface area contributed by atoms with Crippen molar-refractivity contribution in [1.29, 1.82) is 0 Å². The quantitative estimate of drug-likeness (QED) is 0.777. The minimum Gasteiger partial charge on any atom is -0.395 e. The van der Waals surface area contributed by atoms with Crippen LogP contribution in [0.1, 0.15) is 19.3 Å². The molecule has 5 heteroatoms. The largest absolute Gasteiger partial charge is 0.395 e. The van der Waals surface area contributed by atoms with E-state index in [1.54, 1.807) is 0 Å². The van der Waals surface area contributed by atoms with Crippen LogP contribution in [-0.4, -0.2) is 49.8 Å². The Hall–Kier alpha value is 0.460. The molecule has 1 atom stereocenters. The lowest BCUT2D eigenvalue weighted by Crippen LogP contribution is -2.32. The zero-order valence-corrected chi connectivity index (χ0v) is 11.1. The van der Waals surface area contributed by atoms with Gasteiger partial charge in [0.2, 0.25) is 0 Å². The average molecular weight is 259 g/mol. The second-order valence-electron chi connectivity index (χ2n) is 4.03. The van der Waals surface area contributed by atoms with Crippen LogP contribution in [0.3, 0.4) is 0 Å². The van der Waals surface area contributed by atoms with Crippen molar-refractivity contribution in [3.8, 4) is 0 Å². The summed E-state index contributed by atoms with van der Waals surface area (Å²) in [5, 5.41) is 12.1. The van der Waals surface area contributed by atoms with Gasteiger partial charge in [0.25, 0.3) is 0 Å². The van der Waals surface area contributed by atoms with Crippen LogP contribution in [0.15, 0.2) is 0 Å². The van der Waals surface area contributed by atoms with Crippen molar-refractivity contribution < 1.29 is 5.11 Å². The second kappa shape index (κ2) is 11.0. The zero-order valence-electron chi connectivity index (χ0n) is 9.45. The van der Waals surface area contributed by atoms with Crippen molar-refractivity contribution in [1.82, 2.24) is 10.2 Å². The van der Waals surface area contributed by atoms with Crippen molar-refractivity contribution in [2.24, 2.45) is 5.92 Å². The van der Waals surface area contributed by atoms with Gasteiger partial charge in [0, 0.05) is 6.54 Å². The number of hydrogen-bond donors (Lipinski definition) is 2. The van der Waals surface area contributed by atoms with E-state index in [4.69, 9.17) is 5.11 Å². The van der Waals surface area contributed by atoms with Gasteiger partial charge in [-0.25, -0.2) is 0 Å². The summed E-state index contributed by atoms with van der Waals surface area (Å²) in [6, 6.07) is 0. The number of piperidine rings is 1. The molecular formula is C10H24Cl2N2O. The van der Waals surface area contributed by atoms with Gasteiger partial charge in [-0.3, -0.25) is 0 Å². The molecule has 1 heterocycles. The molecule has 0 aromatic carbocycles. The Kier molecular flexibility index (Phi) is 13.0. The van der Waals surface area contributed by atoms with Gasteiger partial charge in [0.05, 0.1) is 6.61 Å². The van der Waals surface area contributed by atoms with Crippen LogP contribution >= 0.6 is 24.8 Å². The average Bonchev–Trinajstić information content (AvgIpc) is 2.17. The first kappa shape index (κ1) is 17.8. The Labute approximate surface area is 105 Å². The minimum atomic E-state index is 0. The van der Waals surface area contributed by atoms with Crippen molar-refractivity contribution in [3.05, 3.63) is 0 Å². The Morgan fingerprint density at radius 2 is 2.07 bits per heavy atom. The van der Waals surface area contributed by atoms with Crippen LogP contribution in [0.25, 0.3) is 0 Å². The topological polar surface area (TPSA) is 35.5 Å². The molecule has 1 aliphatic heterocycles. The number of halogens is 2. The van der Waals surface area contributed by atoms with Crippen molar-refractivity contribution >= 4 is 24.8 Å². The van der Waals surface area contributed by atoms with Gasteiger partial charge in [-0.05, 0) is 51.9 Å². The normalized spacial score (nSPS) is 20.6. The van der Waals surface area contributed by atoms with Crippen molar-refractivity contribution in [2.45, 2.75) is 19.3 Å². The lowest BCUT2D eigenvalue weighted by atomic mass is 9.96. The van der Waals surface area contributed by atoms with E-state index < -0.39 is 0 Å². The molecule has 94 valence electrons. The smallest absolute Gasteiger partial charge is 0.0558 e. The standard InChI is InChI=1S/C10H22N2O.2ClH/c1-12(7-8-13)6-4-10-3-2-5-11-9-10;;/h10-11,13H,2-9H2,1H3;2*1H. The van der Waals surface area contributed by atoms with Crippen LogP contribution in [0, 0.1) is 5.92 Å². The van der Waals surface area contributed by atoms with E-state index in [1.165, 1.54) is 32.4 Å².